The van der Waals surface area contributed by atoms with Gasteiger partial charge in [-0.1, -0.05) is 6.07 Å². The van der Waals surface area contributed by atoms with E-state index < -0.39 is 10.9 Å². The van der Waals surface area contributed by atoms with Crippen LogP contribution in [-0.2, 0) is 11.3 Å². The molecule has 7 nitrogen and oxygen atoms in total. The minimum atomic E-state index is -0.605. The largest absolute Gasteiger partial charge is 0.456 e. The molecule has 7 heteroatoms. The van der Waals surface area contributed by atoms with Crippen LogP contribution in [0.1, 0.15) is 29.9 Å². The van der Waals surface area contributed by atoms with Crippen molar-refractivity contribution in [1.29, 1.82) is 0 Å². The summed E-state index contributed by atoms with van der Waals surface area (Å²) in [7, 11) is 0. The molecule has 126 valence electrons. The number of pyridine rings is 1. The average molecular weight is 329 g/mol. The van der Waals surface area contributed by atoms with Gasteiger partial charge in [0.25, 0.3) is 5.69 Å². The first kappa shape index (κ1) is 17.4. The summed E-state index contributed by atoms with van der Waals surface area (Å²) in [6, 6.07) is 9.54. The van der Waals surface area contributed by atoms with E-state index in [1.807, 2.05) is 18.7 Å². The monoisotopic (exact) mass is 329 g/mol. The van der Waals surface area contributed by atoms with Gasteiger partial charge in [0.1, 0.15) is 6.61 Å². The lowest BCUT2D eigenvalue weighted by Crippen LogP contribution is -2.24. The van der Waals surface area contributed by atoms with Crippen molar-refractivity contribution >= 4 is 17.3 Å². The zero-order valence-corrected chi connectivity index (χ0v) is 13.6. The molecular weight excluding hydrogens is 310 g/mol. The van der Waals surface area contributed by atoms with Crippen LogP contribution < -0.4 is 4.90 Å². The van der Waals surface area contributed by atoms with E-state index in [-0.39, 0.29) is 17.9 Å². The van der Waals surface area contributed by atoms with Gasteiger partial charge in [-0.2, -0.15) is 0 Å². The number of nitro groups is 1. The van der Waals surface area contributed by atoms with Crippen molar-refractivity contribution in [3.8, 4) is 0 Å². The smallest absolute Gasteiger partial charge is 0.340 e. The number of nitrogens with zero attached hydrogens (tertiary/aromatic N) is 3. The van der Waals surface area contributed by atoms with Crippen molar-refractivity contribution in [2.75, 3.05) is 18.0 Å². The van der Waals surface area contributed by atoms with Crippen LogP contribution in [0.4, 0.5) is 11.4 Å². The molecule has 1 aromatic carbocycles. The minimum absolute atomic E-state index is 0.0139. The molecule has 1 aromatic heterocycles. The number of ether oxygens (including phenoxy) is 1. The first-order valence-electron chi connectivity index (χ1n) is 7.67. The number of rotatable bonds is 7. The lowest BCUT2D eigenvalue weighted by Gasteiger charge is -2.23. The zero-order chi connectivity index (χ0) is 17.5. The standard InChI is InChI=1S/C17H19N3O4/c1-3-19(4-2)16-9-8-14(20(22)23)11-15(16)17(21)24-12-13-7-5-6-10-18-13/h5-11H,3-4,12H2,1-2H3. The van der Waals surface area contributed by atoms with E-state index in [4.69, 9.17) is 4.74 Å². The molecule has 0 N–H and O–H groups in total. The molecule has 0 saturated heterocycles. The van der Waals surface area contributed by atoms with Crippen LogP contribution in [0.25, 0.3) is 0 Å². The summed E-state index contributed by atoms with van der Waals surface area (Å²) < 4.78 is 5.28. The van der Waals surface area contributed by atoms with Gasteiger partial charge in [-0.25, -0.2) is 4.79 Å². The molecule has 0 amide bonds. The Labute approximate surface area is 140 Å². The molecule has 0 saturated carbocycles. The summed E-state index contributed by atoms with van der Waals surface area (Å²) in [6.45, 7) is 5.27. The highest BCUT2D eigenvalue weighted by atomic mass is 16.6. The molecule has 2 rings (SSSR count). The molecule has 0 aliphatic carbocycles. The Kier molecular flexibility index (Phi) is 5.83. The third kappa shape index (κ3) is 4.07. The lowest BCUT2D eigenvalue weighted by atomic mass is 10.1. The summed E-state index contributed by atoms with van der Waals surface area (Å²) >= 11 is 0. The van der Waals surface area contributed by atoms with Gasteiger partial charge in [0, 0.05) is 31.4 Å². The average Bonchev–Trinajstić information content (AvgIpc) is 2.61. The second-order valence-electron chi connectivity index (χ2n) is 5.03. The Hall–Kier alpha value is -2.96. The number of non-ortho nitro benzene ring substituents is 1. The normalized spacial score (nSPS) is 10.2. The number of benzene rings is 1. The van der Waals surface area contributed by atoms with Crippen LogP contribution in [0.5, 0.6) is 0 Å². The summed E-state index contributed by atoms with van der Waals surface area (Å²) in [6.07, 6.45) is 1.61. The van der Waals surface area contributed by atoms with E-state index >= 15 is 0 Å². The first-order valence-corrected chi connectivity index (χ1v) is 7.67. The molecule has 0 bridgehead atoms. The predicted molar refractivity (Wildman–Crippen MR) is 90.0 cm³/mol. The number of aromatic nitrogens is 1. The maximum absolute atomic E-state index is 12.5. The van der Waals surface area contributed by atoms with Gasteiger partial charge in [0.05, 0.1) is 21.9 Å². The van der Waals surface area contributed by atoms with Gasteiger partial charge in [0.2, 0.25) is 0 Å². The number of hydrogen-bond acceptors (Lipinski definition) is 6. The SMILES string of the molecule is CCN(CC)c1ccc([N+](=O)[O-])cc1C(=O)OCc1ccccn1. The zero-order valence-electron chi connectivity index (χ0n) is 13.6. The second-order valence-corrected chi connectivity index (χ2v) is 5.03. The summed E-state index contributed by atoms with van der Waals surface area (Å²) in [5.41, 5.74) is 1.27. The molecule has 1 heterocycles. The van der Waals surface area contributed by atoms with Crippen LogP contribution >= 0.6 is 0 Å². The highest BCUT2D eigenvalue weighted by molar-refractivity contribution is 5.96. The van der Waals surface area contributed by atoms with Crippen LogP contribution in [-0.4, -0.2) is 29.0 Å². The van der Waals surface area contributed by atoms with Crippen molar-refractivity contribution in [1.82, 2.24) is 4.98 Å². The topological polar surface area (TPSA) is 85.6 Å². The van der Waals surface area contributed by atoms with Crippen LogP contribution in [0.15, 0.2) is 42.6 Å². The van der Waals surface area contributed by atoms with Gasteiger partial charge in [-0.3, -0.25) is 15.1 Å². The maximum Gasteiger partial charge on any atom is 0.340 e. The highest BCUT2D eigenvalue weighted by Gasteiger charge is 2.20. The Bertz CT molecular complexity index is 715. The third-order valence-corrected chi connectivity index (χ3v) is 3.59. The molecule has 0 aliphatic heterocycles. The van der Waals surface area contributed by atoms with Crippen molar-refractivity contribution < 1.29 is 14.5 Å². The van der Waals surface area contributed by atoms with E-state index in [1.54, 1.807) is 30.5 Å². The number of hydrogen-bond donors (Lipinski definition) is 0. The van der Waals surface area contributed by atoms with E-state index in [0.29, 0.717) is 24.5 Å². The minimum Gasteiger partial charge on any atom is -0.456 e. The lowest BCUT2D eigenvalue weighted by molar-refractivity contribution is -0.384. The van der Waals surface area contributed by atoms with Crippen molar-refractivity contribution in [2.45, 2.75) is 20.5 Å². The number of anilines is 1. The number of esters is 1. The number of nitro benzene ring substituents is 1. The highest BCUT2D eigenvalue weighted by Crippen LogP contribution is 2.26. The number of carbonyl (C=O) groups excluding carboxylic acids is 1. The summed E-state index contributed by atoms with van der Waals surface area (Å²) in [5, 5.41) is 11.0. The predicted octanol–water partition coefficient (Wildman–Crippen LogP) is 3.19. The fourth-order valence-electron chi connectivity index (χ4n) is 2.34. The first-order chi connectivity index (χ1) is 11.6. The van der Waals surface area contributed by atoms with Gasteiger partial charge < -0.3 is 9.64 Å². The van der Waals surface area contributed by atoms with Gasteiger partial charge in [-0.15, -0.1) is 0 Å². The summed E-state index contributed by atoms with van der Waals surface area (Å²) in [5.74, 6) is -0.605. The van der Waals surface area contributed by atoms with Crippen LogP contribution in [0.3, 0.4) is 0 Å². The molecule has 0 aliphatic rings. The fourth-order valence-corrected chi connectivity index (χ4v) is 2.34. The molecule has 0 unspecified atom stereocenters. The molecule has 0 fully saturated rings. The van der Waals surface area contributed by atoms with E-state index in [1.165, 1.54) is 12.1 Å². The number of carbonyl (C=O) groups is 1. The Morgan fingerprint density at radius 2 is 2.00 bits per heavy atom. The molecular formula is C17H19N3O4. The summed E-state index contributed by atoms with van der Waals surface area (Å²) in [4.78, 5) is 29.0. The van der Waals surface area contributed by atoms with E-state index in [0.717, 1.165) is 0 Å². The Balaban J connectivity index is 2.28. The molecule has 0 atom stereocenters. The van der Waals surface area contributed by atoms with Gasteiger partial charge >= 0.3 is 5.97 Å². The molecule has 0 spiro atoms. The van der Waals surface area contributed by atoms with Gasteiger partial charge in [-0.05, 0) is 32.0 Å². The molecule has 2 aromatic rings. The Morgan fingerprint density at radius 1 is 1.25 bits per heavy atom. The third-order valence-electron chi connectivity index (χ3n) is 3.59. The van der Waals surface area contributed by atoms with Crippen molar-refractivity contribution in [2.24, 2.45) is 0 Å². The molecule has 24 heavy (non-hydrogen) atoms. The Morgan fingerprint density at radius 3 is 2.58 bits per heavy atom. The van der Waals surface area contributed by atoms with Gasteiger partial charge in [0.15, 0.2) is 0 Å². The molecule has 0 radical (unpaired) electrons. The maximum atomic E-state index is 12.5. The van der Waals surface area contributed by atoms with Crippen LogP contribution in [0, 0.1) is 10.1 Å². The fraction of sp³-hybridized carbons (Fsp3) is 0.294. The van der Waals surface area contributed by atoms with E-state index in [9.17, 15) is 14.9 Å². The van der Waals surface area contributed by atoms with Crippen molar-refractivity contribution in [3.63, 3.8) is 0 Å². The second kappa shape index (κ2) is 8.05. The van der Waals surface area contributed by atoms with Crippen molar-refractivity contribution in [3.05, 3.63) is 64.0 Å². The quantitative estimate of drug-likeness (QED) is 0.440. The van der Waals surface area contributed by atoms with Crippen LogP contribution in [0.2, 0.25) is 0 Å². The van der Waals surface area contributed by atoms with E-state index in [2.05, 4.69) is 4.98 Å².